The van der Waals surface area contributed by atoms with Gasteiger partial charge in [-0.3, -0.25) is 9.36 Å². The Morgan fingerprint density at radius 3 is 2.59 bits per heavy atom. The van der Waals surface area contributed by atoms with E-state index in [9.17, 15) is 9.59 Å². The first kappa shape index (κ1) is 21.6. The van der Waals surface area contributed by atoms with E-state index >= 15 is 0 Å². The van der Waals surface area contributed by atoms with Gasteiger partial charge in [0.1, 0.15) is 5.03 Å². The number of amides is 1. The average Bonchev–Trinajstić information content (AvgIpc) is 2.73. The Balaban J connectivity index is 1.75. The fraction of sp³-hybridized carbons (Fsp3) is 0.500. The van der Waals surface area contributed by atoms with Crippen LogP contribution < -0.4 is 10.6 Å². The van der Waals surface area contributed by atoms with Gasteiger partial charge in [0.25, 0.3) is 0 Å². The number of aromatic nitrogens is 2. The van der Waals surface area contributed by atoms with Crippen molar-refractivity contribution < 1.29 is 4.79 Å². The van der Waals surface area contributed by atoms with Gasteiger partial charge in [-0.05, 0) is 64.9 Å². The zero-order valence-electron chi connectivity index (χ0n) is 17.6. The number of anilines is 1. The molecule has 0 radical (unpaired) electrons. The lowest BCUT2D eigenvalue weighted by atomic mass is 9.97. The molecule has 0 saturated carbocycles. The molecule has 1 aliphatic rings. The van der Waals surface area contributed by atoms with Crippen molar-refractivity contribution in [3.05, 3.63) is 52.1 Å². The van der Waals surface area contributed by atoms with Crippen molar-refractivity contribution in [1.29, 1.82) is 0 Å². The summed E-state index contributed by atoms with van der Waals surface area (Å²) in [5.41, 5.74) is 2.97. The zero-order chi connectivity index (χ0) is 20.8. The molecule has 0 atom stereocenters. The van der Waals surface area contributed by atoms with Gasteiger partial charge in [0.05, 0.1) is 5.75 Å². The summed E-state index contributed by atoms with van der Waals surface area (Å²) >= 11 is 1.39. The Hall–Kier alpha value is -2.12. The molecule has 0 saturated heterocycles. The first-order valence-electron chi connectivity index (χ1n) is 10.2. The SMILES string of the molecule is CN(C)CCCn1c2c(c(SCC(=O)N(C)c3ccccc3)nc1=O)CCCC2. The van der Waals surface area contributed by atoms with Crippen molar-refractivity contribution in [2.45, 2.75) is 43.7 Å². The highest BCUT2D eigenvalue weighted by Crippen LogP contribution is 2.29. The van der Waals surface area contributed by atoms with Crippen molar-refractivity contribution >= 4 is 23.4 Å². The number of carbonyl (C=O) groups is 1. The third-order valence-corrected chi connectivity index (χ3v) is 6.29. The summed E-state index contributed by atoms with van der Waals surface area (Å²) in [4.78, 5) is 33.5. The fourth-order valence-electron chi connectivity index (χ4n) is 3.67. The summed E-state index contributed by atoms with van der Waals surface area (Å²) in [6, 6.07) is 9.59. The normalized spacial score (nSPS) is 13.4. The molecule has 0 unspecified atom stereocenters. The summed E-state index contributed by atoms with van der Waals surface area (Å²) in [6.07, 6.45) is 4.98. The van der Waals surface area contributed by atoms with E-state index in [4.69, 9.17) is 0 Å². The van der Waals surface area contributed by atoms with Gasteiger partial charge in [0.2, 0.25) is 5.91 Å². The molecule has 1 aromatic heterocycles. The van der Waals surface area contributed by atoms with E-state index in [0.717, 1.165) is 55.1 Å². The van der Waals surface area contributed by atoms with E-state index in [0.29, 0.717) is 6.54 Å². The highest BCUT2D eigenvalue weighted by atomic mass is 32.2. The molecule has 0 aliphatic heterocycles. The summed E-state index contributed by atoms with van der Waals surface area (Å²) < 4.78 is 1.86. The third-order valence-electron chi connectivity index (χ3n) is 5.29. The van der Waals surface area contributed by atoms with E-state index < -0.39 is 0 Å². The summed E-state index contributed by atoms with van der Waals surface area (Å²) in [7, 11) is 5.86. The molecular weight excluding hydrogens is 384 g/mol. The molecule has 1 heterocycles. The summed E-state index contributed by atoms with van der Waals surface area (Å²) in [5.74, 6) is 0.275. The minimum Gasteiger partial charge on any atom is -0.315 e. The molecule has 0 bridgehead atoms. The molecule has 3 rings (SSSR count). The quantitative estimate of drug-likeness (QED) is 0.491. The van der Waals surface area contributed by atoms with Crippen LogP contribution in [0.5, 0.6) is 0 Å². The van der Waals surface area contributed by atoms with Crippen LogP contribution in [0.3, 0.4) is 0 Å². The number of hydrogen-bond donors (Lipinski definition) is 0. The van der Waals surface area contributed by atoms with Gasteiger partial charge in [-0.25, -0.2) is 4.79 Å². The predicted octanol–water partition coefficient (Wildman–Crippen LogP) is 2.83. The minimum absolute atomic E-state index is 0.00252. The topological polar surface area (TPSA) is 58.4 Å². The van der Waals surface area contributed by atoms with Gasteiger partial charge in [-0.1, -0.05) is 30.0 Å². The number of thioether (sulfide) groups is 1. The van der Waals surface area contributed by atoms with Crippen LogP contribution in [-0.2, 0) is 24.2 Å². The highest BCUT2D eigenvalue weighted by molar-refractivity contribution is 8.00. The van der Waals surface area contributed by atoms with Crippen molar-refractivity contribution in [3.8, 4) is 0 Å². The number of rotatable bonds is 8. The van der Waals surface area contributed by atoms with Gasteiger partial charge in [-0.15, -0.1) is 0 Å². The van der Waals surface area contributed by atoms with Crippen LogP contribution in [0.1, 0.15) is 30.5 Å². The molecule has 0 fully saturated rings. The molecule has 0 N–H and O–H groups in total. The highest BCUT2D eigenvalue weighted by Gasteiger charge is 2.21. The molecule has 2 aromatic rings. The smallest absolute Gasteiger partial charge is 0.315 e. The second-order valence-corrected chi connectivity index (χ2v) is 8.68. The van der Waals surface area contributed by atoms with Crippen LogP contribution in [-0.4, -0.2) is 53.8 Å². The second kappa shape index (κ2) is 10.1. The summed E-state index contributed by atoms with van der Waals surface area (Å²) in [6.45, 7) is 1.64. The fourth-order valence-corrected chi connectivity index (χ4v) is 4.66. The number of para-hydroxylation sites is 1. The number of nitrogens with zero attached hydrogens (tertiary/aromatic N) is 4. The van der Waals surface area contributed by atoms with E-state index in [2.05, 4.69) is 9.88 Å². The Kier molecular flexibility index (Phi) is 7.50. The molecule has 0 spiro atoms. The Morgan fingerprint density at radius 2 is 1.86 bits per heavy atom. The average molecular weight is 415 g/mol. The molecule has 1 amide bonds. The van der Waals surface area contributed by atoms with Gasteiger partial charge < -0.3 is 9.80 Å². The number of fused-ring (bicyclic) bond motifs is 1. The second-order valence-electron chi connectivity index (χ2n) is 7.72. The van der Waals surface area contributed by atoms with Crippen molar-refractivity contribution in [1.82, 2.24) is 14.5 Å². The molecule has 156 valence electrons. The first-order chi connectivity index (χ1) is 14.0. The molecular formula is C22H30N4O2S. The molecule has 29 heavy (non-hydrogen) atoms. The zero-order valence-corrected chi connectivity index (χ0v) is 18.4. The van der Waals surface area contributed by atoms with E-state index in [1.165, 1.54) is 17.3 Å². The molecule has 1 aromatic carbocycles. The minimum atomic E-state index is -0.184. The maximum atomic E-state index is 12.7. The Labute approximate surface area is 176 Å². The lowest BCUT2D eigenvalue weighted by Gasteiger charge is -2.23. The van der Waals surface area contributed by atoms with Crippen LogP contribution in [0.15, 0.2) is 40.2 Å². The largest absolute Gasteiger partial charge is 0.348 e. The van der Waals surface area contributed by atoms with Crippen LogP contribution in [0, 0.1) is 0 Å². The van der Waals surface area contributed by atoms with Crippen molar-refractivity contribution in [2.24, 2.45) is 0 Å². The van der Waals surface area contributed by atoms with Crippen LogP contribution >= 0.6 is 11.8 Å². The van der Waals surface area contributed by atoms with E-state index in [1.807, 2.05) is 49.0 Å². The first-order valence-corrected chi connectivity index (χ1v) is 11.2. The van der Waals surface area contributed by atoms with Gasteiger partial charge in [0.15, 0.2) is 0 Å². The van der Waals surface area contributed by atoms with Gasteiger partial charge in [-0.2, -0.15) is 4.98 Å². The molecule has 1 aliphatic carbocycles. The number of benzene rings is 1. The van der Waals surface area contributed by atoms with Crippen molar-refractivity contribution in [2.75, 3.05) is 38.3 Å². The lowest BCUT2D eigenvalue weighted by molar-refractivity contribution is -0.115. The molecule has 6 nitrogen and oxygen atoms in total. The number of hydrogen-bond acceptors (Lipinski definition) is 5. The van der Waals surface area contributed by atoms with Gasteiger partial charge >= 0.3 is 5.69 Å². The van der Waals surface area contributed by atoms with Gasteiger partial charge in [0, 0.05) is 30.5 Å². The van der Waals surface area contributed by atoms with Crippen LogP contribution in [0.2, 0.25) is 0 Å². The lowest BCUT2D eigenvalue weighted by Crippen LogP contribution is -2.32. The maximum Gasteiger partial charge on any atom is 0.348 e. The predicted molar refractivity (Wildman–Crippen MR) is 119 cm³/mol. The van der Waals surface area contributed by atoms with E-state index in [1.54, 1.807) is 11.9 Å². The van der Waals surface area contributed by atoms with Crippen molar-refractivity contribution in [3.63, 3.8) is 0 Å². The molecule has 7 heteroatoms. The van der Waals surface area contributed by atoms with Crippen LogP contribution in [0.4, 0.5) is 5.69 Å². The monoisotopic (exact) mass is 414 g/mol. The van der Waals surface area contributed by atoms with E-state index in [-0.39, 0.29) is 17.3 Å². The number of carbonyl (C=O) groups excluding carboxylic acids is 1. The maximum absolute atomic E-state index is 12.7. The Morgan fingerprint density at radius 1 is 1.14 bits per heavy atom. The van der Waals surface area contributed by atoms with Crippen LogP contribution in [0.25, 0.3) is 0 Å². The summed E-state index contributed by atoms with van der Waals surface area (Å²) in [5, 5.41) is 0.739. The third kappa shape index (κ3) is 5.48. The Bertz CT molecular complexity index is 896. The standard InChI is InChI=1S/C22H30N4O2S/c1-24(2)14-9-15-26-19-13-8-7-12-18(19)21(23-22(26)28)29-16-20(27)25(3)17-10-5-4-6-11-17/h4-6,10-11H,7-9,12-16H2,1-3H3.